The maximum absolute atomic E-state index is 10.4. The summed E-state index contributed by atoms with van der Waals surface area (Å²) in [5.41, 5.74) is 0. The SMILES string of the molecule is [2H]c1nc([2H])n(C([2H])([2H])C(=O)O)n1. The third-order valence-corrected chi connectivity index (χ3v) is 0.541. The normalized spacial score (nSPS) is 17.3. The zero-order chi connectivity index (χ0) is 10.2. The van der Waals surface area contributed by atoms with Crippen LogP contribution in [0.4, 0.5) is 0 Å². The maximum Gasteiger partial charge on any atom is 0.325 e. The average Bonchev–Trinajstić information content (AvgIpc) is 2.30. The van der Waals surface area contributed by atoms with Crippen LogP contribution in [0.15, 0.2) is 12.6 Å². The Balaban J connectivity index is 3.21. The van der Waals surface area contributed by atoms with Gasteiger partial charge in [-0.15, -0.1) is 0 Å². The smallest absolute Gasteiger partial charge is 0.325 e. The highest BCUT2D eigenvalue weighted by Crippen LogP contribution is 1.77. The lowest BCUT2D eigenvalue weighted by Gasteiger charge is -1.89. The van der Waals surface area contributed by atoms with Crippen LogP contribution in [-0.4, -0.2) is 25.8 Å². The van der Waals surface area contributed by atoms with Crippen molar-refractivity contribution in [3.05, 3.63) is 12.6 Å². The molecular formula is C4H5N3O2. The Bertz CT molecular complexity index is 349. The van der Waals surface area contributed by atoms with E-state index in [9.17, 15) is 4.79 Å². The summed E-state index contributed by atoms with van der Waals surface area (Å²) in [5.74, 6) is -1.79. The molecule has 5 nitrogen and oxygen atoms in total. The molecule has 0 amide bonds. The molecule has 1 N–H and O–H groups in total. The van der Waals surface area contributed by atoms with Gasteiger partial charge < -0.3 is 5.11 Å². The van der Waals surface area contributed by atoms with Crippen LogP contribution in [0.3, 0.4) is 0 Å². The molecule has 0 fully saturated rings. The molecule has 0 aliphatic carbocycles. The third kappa shape index (κ3) is 1.52. The van der Waals surface area contributed by atoms with Crippen molar-refractivity contribution in [3.8, 4) is 0 Å². The first kappa shape index (κ1) is 2.47. The number of carboxylic acid groups (broad SMARTS) is 1. The summed E-state index contributed by atoms with van der Waals surface area (Å²) in [5, 5.41) is 11.6. The summed E-state index contributed by atoms with van der Waals surface area (Å²) in [6.45, 7) is -2.84. The highest BCUT2D eigenvalue weighted by atomic mass is 16.4. The molecule has 0 aromatic carbocycles. The number of carbonyl (C=O) groups is 1. The molecule has 0 saturated carbocycles. The maximum atomic E-state index is 10.4. The van der Waals surface area contributed by atoms with E-state index in [1.807, 2.05) is 0 Å². The van der Waals surface area contributed by atoms with Crippen molar-refractivity contribution in [2.75, 3.05) is 0 Å². The molecule has 0 atom stereocenters. The van der Waals surface area contributed by atoms with E-state index in [1.165, 1.54) is 0 Å². The van der Waals surface area contributed by atoms with Gasteiger partial charge >= 0.3 is 5.97 Å². The summed E-state index contributed by atoms with van der Waals surface area (Å²) in [7, 11) is 0. The topological polar surface area (TPSA) is 68.0 Å². The molecule has 0 unspecified atom stereocenters. The van der Waals surface area contributed by atoms with Gasteiger partial charge in [0, 0.05) is 0 Å². The monoisotopic (exact) mass is 131 g/mol. The van der Waals surface area contributed by atoms with E-state index < -0.39 is 25.1 Å². The standard InChI is InChI=1S/C4H5N3O2/c8-4(9)1-7-3-5-2-6-7/h2-3H,1H2,(H,8,9)/i1D2,2D,3D. The first-order valence-corrected chi connectivity index (χ1v) is 2.00. The van der Waals surface area contributed by atoms with Crippen molar-refractivity contribution in [3.63, 3.8) is 0 Å². The third-order valence-electron chi connectivity index (χ3n) is 0.541. The Labute approximate surface area is 56.6 Å². The lowest BCUT2D eigenvalue weighted by Crippen LogP contribution is -2.08. The lowest BCUT2D eigenvalue weighted by atomic mass is 10.7. The zero-order valence-corrected chi connectivity index (χ0v) is 4.20. The Kier molecular flexibility index (Phi) is 0.617. The number of rotatable bonds is 2. The second-order valence-electron chi connectivity index (χ2n) is 1.14. The summed E-state index contributed by atoms with van der Waals surface area (Å²) < 4.78 is 28.1. The molecule has 1 heterocycles. The minimum atomic E-state index is -2.84. The molecule has 5 heteroatoms. The van der Waals surface area contributed by atoms with Gasteiger partial charge in [0.05, 0.1) is 2.74 Å². The van der Waals surface area contributed by atoms with Crippen LogP contribution in [-0.2, 0) is 11.3 Å². The molecule has 0 aliphatic rings. The summed E-state index contributed by atoms with van der Waals surface area (Å²) in [6.07, 6.45) is -1.28. The predicted octanol–water partition coefficient (Wildman–Crippen LogP) is -0.637. The molecule has 0 spiro atoms. The van der Waals surface area contributed by atoms with Gasteiger partial charge in [0.2, 0.25) is 0 Å². The molecule has 0 bridgehead atoms. The Morgan fingerprint density at radius 1 is 2.11 bits per heavy atom. The molecule has 0 saturated heterocycles. The van der Waals surface area contributed by atoms with Crippen LogP contribution in [0.2, 0.25) is 0 Å². The molecule has 9 heavy (non-hydrogen) atoms. The number of aromatic nitrogens is 3. The fourth-order valence-corrected chi connectivity index (χ4v) is 0.300. The summed E-state index contributed by atoms with van der Waals surface area (Å²) in [6, 6.07) is 0. The summed E-state index contributed by atoms with van der Waals surface area (Å²) in [4.78, 5) is 13.5. The first-order chi connectivity index (χ1) is 5.85. The molecule has 0 aliphatic heterocycles. The van der Waals surface area contributed by atoms with Gasteiger partial charge in [0.1, 0.15) is 21.8 Å². The molecule has 1 aromatic heterocycles. The average molecular weight is 131 g/mol. The quantitative estimate of drug-likeness (QED) is 0.579. The van der Waals surface area contributed by atoms with Gasteiger partial charge in [-0.2, -0.15) is 5.10 Å². The van der Waals surface area contributed by atoms with Gasteiger partial charge in [-0.3, -0.25) is 4.79 Å². The molecule has 0 radical (unpaired) electrons. The van der Waals surface area contributed by atoms with Crippen LogP contribution < -0.4 is 0 Å². The fraction of sp³-hybridized carbons (Fsp3) is 0.250. The van der Waals surface area contributed by atoms with Crippen molar-refractivity contribution in [2.45, 2.75) is 6.50 Å². The van der Waals surface area contributed by atoms with E-state index in [0.29, 0.717) is 0 Å². The van der Waals surface area contributed by atoms with E-state index in [1.54, 1.807) is 0 Å². The van der Waals surface area contributed by atoms with Crippen molar-refractivity contribution in [1.29, 1.82) is 0 Å². The van der Waals surface area contributed by atoms with E-state index in [-0.39, 0.29) is 4.68 Å². The molecule has 1 rings (SSSR count). The van der Waals surface area contributed by atoms with Crippen molar-refractivity contribution in [1.82, 2.24) is 14.8 Å². The lowest BCUT2D eigenvalue weighted by molar-refractivity contribution is -0.137. The molecule has 48 valence electrons. The Morgan fingerprint density at radius 3 is 3.33 bits per heavy atom. The second kappa shape index (κ2) is 2.25. The number of aliphatic carboxylic acids is 1. The van der Waals surface area contributed by atoms with Gasteiger partial charge in [0.25, 0.3) is 0 Å². The Morgan fingerprint density at radius 2 is 2.89 bits per heavy atom. The number of carboxylic acids is 1. The highest BCUT2D eigenvalue weighted by Gasteiger charge is 1.96. The molecule has 1 aromatic rings. The van der Waals surface area contributed by atoms with Crippen LogP contribution in [0, 0.1) is 0 Å². The fourth-order valence-electron chi connectivity index (χ4n) is 0.300. The van der Waals surface area contributed by atoms with Crippen molar-refractivity contribution >= 4 is 5.97 Å². The predicted molar refractivity (Wildman–Crippen MR) is 27.7 cm³/mol. The van der Waals surface area contributed by atoms with Gasteiger partial charge in [-0.1, -0.05) is 0 Å². The minimum Gasteiger partial charge on any atom is -0.480 e. The first-order valence-electron chi connectivity index (χ1n) is 4.00. The van der Waals surface area contributed by atoms with Gasteiger partial charge in [0.15, 0.2) is 0 Å². The highest BCUT2D eigenvalue weighted by molar-refractivity contribution is 5.66. The van der Waals surface area contributed by atoms with E-state index >= 15 is 0 Å². The molecular weight excluding hydrogens is 122 g/mol. The summed E-state index contributed by atoms with van der Waals surface area (Å²) >= 11 is 0. The number of nitrogens with zero attached hydrogens (tertiary/aromatic N) is 3. The van der Waals surface area contributed by atoms with Gasteiger partial charge in [-0.25, -0.2) is 9.67 Å². The number of hydrogen-bond donors (Lipinski definition) is 1. The van der Waals surface area contributed by atoms with E-state index in [0.717, 1.165) is 0 Å². The zero-order valence-electron chi connectivity index (χ0n) is 8.20. The second-order valence-corrected chi connectivity index (χ2v) is 1.14. The van der Waals surface area contributed by atoms with Crippen molar-refractivity contribution < 1.29 is 15.4 Å². The minimum absolute atomic E-state index is 0.234. The van der Waals surface area contributed by atoms with E-state index in [4.69, 9.17) is 10.6 Å². The number of hydrogen-bond acceptors (Lipinski definition) is 3. The largest absolute Gasteiger partial charge is 0.480 e. The van der Waals surface area contributed by atoms with Gasteiger partial charge in [-0.05, 0) is 0 Å². The Hall–Kier alpha value is -1.39. The van der Waals surface area contributed by atoms with Crippen LogP contribution in [0.25, 0.3) is 0 Å². The van der Waals surface area contributed by atoms with Crippen molar-refractivity contribution in [2.24, 2.45) is 0 Å². The van der Waals surface area contributed by atoms with E-state index in [2.05, 4.69) is 10.1 Å². The van der Waals surface area contributed by atoms with Crippen LogP contribution >= 0.6 is 0 Å². The van der Waals surface area contributed by atoms with Crippen LogP contribution in [0.5, 0.6) is 0 Å². The van der Waals surface area contributed by atoms with Crippen LogP contribution in [0.1, 0.15) is 5.48 Å².